The molecule has 0 aliphatic heterocycles. The van der Waals surface area contributed by atoms with Crippen LogP contribution in [0.3, 0.4) is 0 Å². The summed E-state index contributed by atoms with van der Waals surface area (Å²) in [5.41, 5.74) is 0. The molecule has 2 N–H and O–H groups in total. The first kappa shape index (κ1) is 13.3. The van der Waals surface area contributed by atoms with Crippen LogP contribution in [0.15, 0.2) is 0 Å². The molecule has 0 rings (SSSR count). The Morgan fingerprint density at radius 1 is 1.29 bits per heavy atom. The number of carbonyl (C=O) groups is 2. The highest BCUT2D eigenvalue weighted by molar-refractivity contribution is 5.86. The molecule has 0 amide bonds. The number of nitrogens with one attached hydrogen (secondary N) is 1. The molecule has 0 unspecified atom stereocenters. The smallest absolute Gasteiger partial charge is 0.174 e. The lowest BCUT2D eigenvalue weighted by Crippen LogP contribution is -2.39. The maximum absolute atomic E-state index is 11.4. The Morgan fingerprint density at radius 2 is 1.86 bits per heavy atom. The van der Waals surface area contributed by atoms with E-state index in [4.69, 9.17) is 5.11 Å². The summed E-state index contributed by atoms with van der Waals surface area (Å²) in [5, 5.41) is 11.3. The number of aliphatic hydroxyl groups excluding tert-OH is 1. The Bertz CT molecular complexity index is 204. The van der Waals surface area contributed by atoms with E-state index in [1.54, 1.807) is 6.92 Å². The van der Waals surface area contributed by atoms with Crippen LogP contribution >= 0.6 is 0 Å². The molecule has 0 aliphatic rings. The molecule has 4 heteroatoms. The number of carbonyl (C=O) groups excluding carboxylic acids is 2. The molecular formula is C10H19NO3. The maximum Gasteiger partial charge on any atom is 0.174 e. The van der Waals surface area contributed by atoms with Gasteiger partial charge in [0.15, 0.2) is 5.78 Å². The zero-order chi connectivity index (χ0) is 11.1. The second-order valence-electron chi connectivity index (χ2n) is 3.50. The van der Waals surface area contributed by atoms with Crippen molar-refractivity contribution in [3.05, 3.63) is 0 Å². The molecule has 0 radical (unpaired) electrons. The van der Waals surface area contributed by atoms with Crippen LogP contribution < -0.4 is 5.32 Å². The Hall–Kier alpha value is -0.740. The molecule has 0 aromatic heterocycles. The molecule has 0 aliphatic carbocycles. The molecule has 0 spiro atoms. The van der Waals surface area contributed by atoms with Gasteiger partial charge in [-0.2, -0.15) is 0 Å². The number of Topliss-reactive ketones (excluding diaryl/α,β-unsaturated/α-hetero) is 2. The highest BCUT2D eigenvalue weighted by Crippen LogP contribution is 2.01. The van der Waals surface area contributed by atoms with E-state index in [1.807, 2.05) is 13.8 Å². The van der Waals surface area contributed by atoms with Crippen molar-refractivity contribution in [2.45, 2.75) is 33.2 Å². The predicted octanol–water partition coefficient (Wildman–Crippen LogP) is 0.141. The Kier molecular flexibility index (Phi) is 6.32. The van der Waals surface area contributed by atoms with Crippen molar-refractivity contribution in [1.29, 1.82) is 0 Å². The van der Waals surface area contributed by atoms with Crippen molar-refractivity contribution in [2.75, 3.05) is 13.2 Å². The van der Waals surface area contributed by atoms with Gasteiger partial charge in [-0.25, -0.2) is 0 Å². The summed E-state index contributed by atoms with van der Waals surface area (Å²) in [6.45, 7) is 5.17. The second-order valence-corrected chi connectivity index (χ2v) is 3.50. The molecule has 0 fully saturated rings. The van der Waals surface area contributed by atoms with E-state index in [2.05, 4.69) is 5.32 Å². The van der Waals surface area contributed by atoms with Gasteiger partial charge in [0.2, 0.25) is 0 Å². The monoisotopic (exact) mass is 201 g/mol. The van der Waals surface area contributed by atoms with Crippen LogP contribution in [0.1, 0.15) is 27.2 Å². The summed E-state index contributed by atoms with van der Waals surface area (Å²) in [5.74, 6) is -0.161. The zero-order valence-electron chi connectivity index (χ0n) is 9.04. The van der Waals surface area contributed by atoms with E-state index < -0.39 is 12.6 Å². The molecule has 0 saturated carbocycles. The van der Waals surface area contributed by atoms with Gasteiger partial charge in [-0.15, -0.1) is 0 Å². The molecule has 0 aromatic rings. The third-order valence-electron chi connectivity index (χ3n) is 2.38. The van der Waals surface area contributed by atoms with Gasteiger partial charge in [-0.1, -0.05) is 13.8 Å². The molecule has 0 saturated heterocycles. The van der Waals surface area contributed by atoms with Crippen LogP contribution in [0.4, 0.5) is 0 Å². The lowest BCUT2D eigenvalue weighted by atomic mass is 10.0. The van der Waals surface area contributed by atoms with Crippen LogP contribution in [-0.4, -0.2) is 35.9 Å². The van der Waals surface area contributed by atoms with Crippen LogP contribution in [0.2, 0.25) is 0 Å². The maximum atomic E-state index is 11.4. The molecule has 82 valence electrons. The summed E-state index contributed by atoms with van der Waals surface area (Å²) in [7, 11) is 0. The van der Waals surface area contributed by atoms with E-state index in [9.17, 15) is 9.59 Å². The number of aliphatic hydroxyl groups is 1. The van der Waals surface area contributed by atoms with Gasteiger partial charge < -0.3 is 10.4 Å². The Morgan fingerprint density at radius 3 is 2.29 bits per heavy atom. The largest absolute Gasteiger partial charge is 0.389 e. The SMILES string of the molecule is CC[C@@H](C)C(=O)CN[C@@H](C)C(=O)CO. The highest BCUT2D eigenvalue weighted by atomic mass is 16.3. The summed E-state index contributed by atoms with van der Waals surface area (Å²) in [6, 6.07) is -0.451. The number of hydrogen-bond donors (Lipinski definition) is 2. The van der Waals surface area contributed by atoms with Crippen molar-refractivity contribution in [2.24, 2.45) is 5.92 Å². The second kappa shape index (κ2) is 6.68. The van der Waals surface area contributed by atoms with Gasteiger partial charge in [0.25, 0.3) is 0 Å². The Labute approximate surface area is 84.7 Å². The van der Waals surface area contributed by atoms with Crippen molar-refractivity contribution < 1.29 is 14.7 Å². The van der Waals surface area contributed by atoms with E-state index in [0.29, 0.717) is 0 Å². The van der Waals surface area contributed by atoms with Crippen molar-refractivity contribution in [3.63, 3.8) is 0 Å². The fourth-order valence-electron chi connectivity index (χ4n) is 0.906. The fourth-order valence-corrected chi connectivity index (χ4v) is 0.906. The molecule has 0 heterocycles. The summed E-state index contributed by atoms with van der Waals surface area (Å²) in [4.78, 5) is 22.3. The number of hydrogen-bond acceptors (Lipinski definition) is 4. The van der Waals surface area contributed by atoms with Gasteiger partial charge in [-0.3, -0.25) is 9.59 Å². The van der Waals surface area contributed by atoms with Gasteiger partial charge in [0.1, 0.15) is 12.4 Å². The van der Waals surface area contributed by atoms with Crippen LogP contribution in [0, 0.1) is 5.92 Å². The third-order valence-corrected chi connectivity index (χ3v) is 2.38. The molecule has 2 atom stereocenters. The third kappa shape index (κ3) is 4.48. The van der Waals surface area contributed by atoms with Gasteiger partial charge in [0.05, 0.1) is 12.6 Å². The first-order chi connectivity index (χ1) is 6.52. The van der Waals surface area contributed by atoms with Crippen molar-refractivity contribution in [1.82, 2.24) is 5.32 Å². The van der Waals surface area contributed by atoms with E-state index in [-0.39, 0.29) is 24.0 Å². The van der Waals surface area contributed by atoms with Crippen LogP contribution in [0.25, 0.3) is 0 Å². The lowest BCUT2D eigenvalue weighted by Gasteiger charge is -2.12. The van der Waals surface area contributed by atoms with Gasteiger partial charge in [0, 0.05) is 5.92 Å². The number of ketones is 2. The minimum Gasteiger partial charge on any atom is -0.389 e. The van der Waals surface area contributed by atoms with Crippen LogP contribution in [0.5, 0.6) is 0 Å². The minimum atomic E-state index is -0.480. The van der Waals surface area contributed by atoms with Crippen molar-refractivity contribution in [3.8, 4) is 0 Å². The average Bonchev–Trinajstić information content (AvgIpc) is 2.22. The summed E-state index contributed by atoms with van der Waals surface area (Å²) >= 11 is 0. The van der Waals surface area contributed by atoms with Gasteiger partial charge >= 0.3 is 0 Å². The van der Waals surface area contributed by atoms with Crippen molar-refractivity contribution >= 4 is 11.6 Å². The van der Waals surface area contributed by atoms with E-state index in [1.165, 1.54) is 0 Å². The first-order valence-electron chi connectivity index (χ1n) is 4.92. The van der Waals surface area contributed by atoms with Gasteiger partial charge in [-0.05, 0) is 13.3 Å². The average molecular weight is 201 g/mol. The molecule has 0 aromatic carbocycles. The van der Waals surface area contributed by atoms with E-state index in [0.717, 1.165) is 6.42 Å². The molecular weight excluding hydrogens is 182 g/mol. The summed E-state index contributed by atoms with van der Waals surface area (Å²) < 4.78 is 0. The fraction of sp³-hybridized carbons (Fsp3) is 0.800. The minimum absolute atomic E-state index is 0.0268. The lowest BCUT2D eigenvalue weighted by molar-refractivity contribution is -0.124. The van der Waals surface area contributed by atoms with E-state index >= 15 is 0 Å². The van der Waals surface area contributed by atoms with Crippen LogP contribution in [-0.2, 0) is 9.59 Å². The zero-order valence-corrected chi connectivity index (χ0v) is 9.04. The Balaban J connectivity index is 3.82. The normalized spacial score (nSPS) is 14.9. The standard InChI is InChI=1S/C10H19NO3/c1-4-7(2)9(13)5-11-8(3)10(14)6-12/h7-8,11-12H,4-6H2,1-3H3/t7-,8+/m1/s1. The molecule has 0 bridgehead atoms. The predicted molar refractivity (Wildman–Crippen MR) is 54.0 cm³/mol. The topological polar surface area (TPSA) is 66.4 Å². The highest BCUT2D eigenvalue weighted by Gasteiger charge is 2.15. The molecule has 4 nitrogen and oxygen atoms in total. The number of rotatable bonds is 7. The molecule has 14 heavy (non-hydrogen) atoms. The summed E-state index contributed by atoms with van der Waals surface area (Å²) in [6.07, 6.45) is 0.808. The first-order valence-corrected chi connectivity index (χ1v) is 4.92. The quantitative estimate of drug-likeness (QED) is 0.615.